The molecule has 66 valence electrons. The third-order valence-electron chi connectivity index (χ3n) is 1.63. The molecule has 0 radical (unpaired) electrons. The average molecular weight is 176 g/mol. The van der Waals surface area contributed by atoms with E-state index in [1.807, 2.05) is 13.8 Å². The zero-order valence-electron chi connectivity index (χ0n) is 7.50. The van der Waals surface area contributed by atoms with Gasteiger partial charge in [0.2, 0.25) is 0 Å². The fourth-order valence-electron chi connectivity index (χ4n) is 1.11. The Morgan fingerprint density at radius 2 is 1.31 bits per heavy atom. The van der Waals surface area contributed by atoms with E-state index in [2.05, 4.69) is 30.4 Å². The normalized spacial score (nSPS) is 10.3. The molecule has 2 rings (SSSR count). The van der Waals surface area contributed by atoms with Gasteiger partial charge in [-0.2, -0.15) is 0 Å². The molecule has 2 heterocycles. The molecule has 2 aromatic heterocycles. The first-order valence-corrected chi connectivity index (χ1v) is 4.00. The van der Waals surface area contributed by atoms with Crippen LogP contribution < -0.4 is 11.4 Å². The zero-order valence-corrected chi connectivity index (χ0v) is 7.50. The van der Waals surface area contributed by atoms with E-state index in [4.69, 9.17) is 0 Å². The van der Waals surface area contributed by atoms with Crippen molar-refractivity contribution < 1.29 is 0 Å². The second-order valence-electron chi connectivity index (χ2n) is 2.89. The summed E-state index contributed by atoms with van der Waals surface area (Å²) in [6.45, 7) is 3.73. The Bertz CT molecular complexity index is 366. The Balaban J connectivity index is 2.14. The van der Waals surface area contributed by atoms with Crippen LogP contribution in [0.4, 0.5) is 0 Å². The highest BCUT2D eigenvalue weighted by Crippen LogP contribution is 1.77. The summed E-state index contributed by atoms with van der Waals surface area (Å²) in [6, 6.07) is 0. The molecule has 0 aliphatic heterocycles. The fourth-order valence-corrected chi connectivity index (χ4v) is 1.11. The first kappa shape index (κ1) is 7.97. The molecule has 0 spiro atoms. The lowest BCUT2D eigenvalue weighted by Gasteiger charge is -1.86. The number of nitrogens with one attached hydrogen (secondary N) is 2. The van der Waals surface area contributed by atoms with Gasteiger partial charge in [0.1, 0.15) is 11.6 Å². The van der Waals surface area contributed by atoms with Crippen LogP contribution in [0.2, 0.25) is 0 Å². The molecule has 2 N–H and O–H groups in total. The molecule has 0 atom stereocenters. The number of aryl methyl sites for hydroxylation is 2. The Morgan fingerprint density at radius 1 is 0.846 bits per heavy atom. The average Bonchev–Trinajstić information content (AvgIpc) is 2.62. The largest absolute Gasteiger partial charge is 0.337 e. The minimum atomic E-state index is 0.613. The maximum atomic E-state index is 3.93. The molecule has 7 heteroatoms. The molecule has 6 nitrogen and oxygen atoms in total. The number of rotatable bonds is 2. The minimum absolute atomic E-state index is 0.613. The Labute approximate surface area is 75.4 Å². The second kappa shape index (κ2) is 3.00. The summed E-state index contributed by atoms with van der Waals surface area (Å²) in [5, 5.41) is 15.6. The van der Waals surface area contributed by atoms with E-state index < -0.39 is 0 Å². The lowest BCUT2D eigenvalue weighted by molar-refractivity contribution is 1.04. The highest BCUT2D eigenvalue weighted by molar-refractivity contribution is 6.63. The monoisotopic (exact) mass is 176 g/mol. The molecular weight excluding hydrogens is 167 g/mol. The minimum Gasteiger partial charge on any atom is -0.337 e. The quantitative estimate of drug-likeness (QED) is 0.514. The Morgan fingerprint density at radius 3 is 1.62 bits per heavy atom. The molecule has 0 aliphatic carbocycles. The molecule has 0 bridgehead atoms. The number of aromatic amines is 2. The number of hydrogen-bond acceptors (Lipinski definition) is 4. The first-order chi connectivity index (χ1) is 6.24. The standard InChI is InChI=1S/C6H9BN6/c1-3-8-5(12-10-3)7-6-9-4(2)11-13-6/h7H,1-2H3,(H,8,10,12)(H,9,11,13). The molecule has 0 aromatic carbocycles. The van der Waals surface area contributed by atoms with Crippen molar-refractivity contribution >= 4 is 18.7 Å². The maximum absolute atomic E-state index is 3.93. The molecular formula is C6H9BN6. The number of aromatic nitrogens is 6. The summed E-state index contributed by atoms with van der Waals surface area (Å²) in [5.41, 5.74) is 1.60. The highest BCUT2D eigenvalue weighted by atomic mass is 15.2. The summed E-state index contributed by atoms with van der Waals surface area (Å²) in [7, 11) is 0.613. The van der Waals surface area contributed by atoms with Gasteiger partial charge in [-0.25, -0.2) is 0 Å². The van der Waals surface area contributed by atoms with Crippen LogP contribution in [0.3, 0.4) is 0 Å². The van der Waals surface area contributed by atoms with Gasteiger partial charge < -0.3 is 9.97 Å². The topological polar surface area (TPSA) is 83.1 Å². The molecule has 0 amide bonds. The molecule has 2 aromatic rings. The third kappa shape index (κ3) is 1.74. The van der Waals surface area contributed by atoms with Crippen LogP contribution in [0.25, 0.3) is 0 Å². The number of nitrogens with zero attached hydrogens (tertiary/aromatic N) is 4. The lowest BCUT2D eigenvalue weighted by Crippen LogP contribution is -2.33. The Kier molecular flexibility index (Phi) is 1.84. The van der Waals surface area contributed by atoms with Crippen molar-refractivity contribution in [3.05, 3.63) is 11.6 Å². The van der Waals surface area contributed by atoms with E-state index in [0.29, 0.717) is 7.28 Å². The first-order valence-electron chi connectivity index (χ1n) is 4.00. The molecule has 0 saturated heterocycles. The van der Waals surface area contributed by atoms with Crippen molar-refractivity contribution in [1.29, 1.82) is 0 Å². The van der Waals surface area contributed by atoms with Crippen molar-refractivity contribution in [2.45, 2.75) is 13.8 Å². The second-order valence-corrected chi connectivity index (χ2v) is 2.89. The predicted octanol–water partition coefficient (Wildman–Crippen LogP) is -2.07. The van der Waals surface area contributed by atoms with Crippen LogP contribution in [-0.2, 0) is 0 Å². The third-order valence-corrected chi connectivity index (χ3v) is 1.63. The smallest absolute Gasteiger partial charge is 0.288 e. The zero-order chi connectivity index (χ0) is 9.26. The van der Waals surface area contributed by atoms with Crippen molar-refractivity contribution in [2.75, 3.05) is 0 Å². The van der Waals surface area contributed by atoms with E-state index in [0.717, 1.165) is 23.1 Å². The van der Waals surface area contributed by atoms with E-state index in [1.165, 1.54) is 0 Å². The number of H-pyrrole nitrogens is 2. The van der Waals surface area contributed by atoms with Gasteiger partial charge in [-0.15, -0.1) is 20.4 Å². The Hall–Kier alpha value is -1.66. The van der Waals surface area contributed by atoms with Crippen molar-refractivity contribution in [2.24, 2.45) is 0 Å². The highest BCUT2D eigenvalue weighted by Gasteiger charge is 2.07. The molecule has 0 unspecified atom stereocenters. The van der Waals surface area contributed by atoms with Gasteiger partial charge in [0.25, 0.3) is 7.28 Å². The van der Waals surface area contributed by atoms with Gasteiger partial charge in [0.05, 0.1) is 11.4 Å². The molecule has 0 saturated carbocycles. The fraction of sp³-hybridized carbons (Fsp3) is 0.333. The van der Waals surface area contributed by atoms with Gasteiger partial charge in [-0.3, -0.25) is 0 Å². The molecule has 13 heavy (non-hydrogen) atoms. The summed E-state index contributed by atoms with van der Waals surface area (Å²) in [4.78, 5) is 6.05. The van der Waals surface area contributed by atoms with Crippen molar-refractivity contribution in [1.82, 2.24) is 30.4 Å². The van der Waals surface area contributed by atoms with Gasteiger partial charge in [-0.05, 0) is 13.8 Å². The predicted molar refractivity (Wildman–Crippen MR) is 48.7 cm³/mol. The van der Waals surface area contributed by atoms with Gasteiger partial charge >= 0.3 is 0 Å². The van der Waals surface area contributed by atoms with Crippen LogP contribution in [0.15, 0.2) is 0 Å². The summed E-state index contributed by atoms with van der Waals surface area (Å²) < 4.78 is 0. The van der Waals surface area contributed by atoms with Gasteiger partial charge in [0, 0.05) is 0 Å². The SMILES string of the molecule is Cc1nnc(Bc2nnc(C)[nH]2)[nH]1. The summed E-state index contributed by atoms with van der Waals surface area (Å²) in [6.07, 6.45) is 0. The van der Waals surface area contributed by atoms with E-state index >= 15 is 0 Å². The van der Waals surface area contributed by atoms with Crippen LogP contribution in [-0.4, -0.2) is 37.6 Å². The van der Waals surface area contributed by atoms with Gasteiger partial charge in [0.15, 0.2) is 0 Å². The summed E-state index contributed by atoms with van der Waals surface area (Å²) >= 11 is 0. The van der Waals surface area contributed by atoms with Crippen LogP contribution in [0.5, 0.6) is 0 Å². The maximum Gasteiger partial charge on any atom is 0.288 e. The summed E-state index contributed by atoms with van der Waals surface area (Å²) in [5.74, 6) is 1.62. The molecule has 0 aliphatic rings. The van der Waals surface area contributed by atoms with Crippen LogP contribution >= 0.6 is 0 Å². The van der Waals surface area contributed by atoms with E-state index in [9.17, 15) is 0 Å². The van der Waals surface area contributed by atoms with Gasteiger partial charge in [-0.1, -0.05) is 0 Å². The van der Waals surface area contributed by atoms with Crippen LogP contribution in [0, 0.1) is 13.8 Å². The molecule has 0 fully saturated rings. The van der Waals surface area contributed by atoms with Crippen LogP contribution in [0.1, 0.15) is 11.6 Å². The van der Waals surface area contributed by atoms with Crippen molar-refractivity contribution in [3.8, 4) is 0 Å². The lowest BCUT2D eigenvalue weighted by atomic mass is 9.77. The van der Waals surface area contributed by atoms with E-state index in [1.54, 1.807) is 0 Å². The number of hydrogen-bond donors (Lipinski definition) is 2. The van der Waals surface area contributed by atoms with Crippen molar-refractivity contribution in [3.63, 3.8) is 0 Å². The van der Waals surface area contributed by atoms with E-state index in [-0.39, 0.29) is 0 Å².